The number of allylic oxidation sites excluding steroid dienone is 2. The van der Waals surface area contributed by atoms with E-state index in [-0.39, 0.29) is 26.8 Å². The minimum absolute atomic E-state index is 0.121. The smallest absolute Gasteiger partial charge is 0.114 e. The maximum absolute atomic E-state index is 9.73. The molecule has 0 spiro atoms. The minimum Gasteiger partial charge on any atom is -0.494 e. The van der Waals surface area contributed by atoms with Crippen molar-refractivity contribution in [2.75, 3.05) is 6.61 Å². The van der Waals surface area contributed by atoms with Gasteiger partial charge in [-0.3, -0.25) is 0 Å². The van der Waals surface area contributed by atoms with Gasteiger partial charge in [0.15, 0.2) is 0 Å². The van der Waals surface area contributed by atoms with Crippen LogP contribution in [0.3, 0.4) is 0 Å². The third kappa shape index (κ3) is 1.06. The number of halogens is 1. The first-order valence-corrected chi connectivity index (χ1v) is 6.83. The van der Waals surface area contributed by atoms with Crippen LogP contribution in [0.15, 0.2) is 21.0 Å². The van der Waals surface area contributed by atoms with Crippen LogP contribution in [0, 0.1) is 11.8 Å². The Bertz CT molecular complexity index is 354. The molecule has 0 amide bonds. The van der Waals surface area contributed by atoms with Crippen LogP contribution in [0.25, 0.3) is 0 Å². The molecule has 3 aliphatic rings. The normalized spacial score (nSPS) is 41.1. The van der Waals surface area contributed by atoms with E-state index in [1.807, 2.05) is 0 Å². The number of aliphatic hydroxyl groups is 1. The Morgan fingerprint density at radius 1 is 1.62 bits per heavy atom. The van der Waals surface area contributed by atoms with Gasteiger partial charge in [-0.15, -0.1) is 0 Å². The van der Waals surface area contributed by atoms with Gasteiger partial charge in [-0.25, -0.2) is 0 Å². The molecule has 0 bridgehead atoms. The molecule has 2 heterocycles. The molecule has 0 saturated carbocycles. The van der Waals surface area contributed by atoms with Crippen molar-refractivity contribution in [1.29, 1.82) is 0 Å². The summed E-state index contributed by atoms with van der Waals surface area (Å²) in [5, 5.41) is 9.73. The molecule has 0 radical (unpaired) electrons. The van der Waals surface area contributed by atoms with Crippen LogP contribution in [0.5, 0.6) is 0 Å². The van der Waals surface area contributed by atoms with Gasteiger partial charge in [0.05, 0.1) is 12.0 Å². The summed E-state index contributed by atoms with van der Waals surface area (Å²) in [4.78, 5) is 0. The summed E-state index contributed by atoms with van der Waals surface area (Å²) < 4.78 is 9.43. The molecular formula is C10H11IO2. The lowest BCUT2D eigenvalue weighted by atomic mass is 10.0. The Morgan fingerprint density at radius 3 is 3.31 bits per heavy atom. The third-order valence-corrected chi connectivity index (χ3v) is 5.57. The molecular weight excluding hydrogens is 279 g/mol. The predicted octanol–water partition coefficient (Wildman–Crippen LogP) is 1.57. The van der Waals surface area contributed by atoms with Gasteiger partial charge in [0.25, 0.3) is 0 Å². The second-order valence-corrected chi connectivity index (χ2v) is 6.21. The summed E-state index contributed by atoms with van der Waals surface area (Å²) in [6.45, 7) is 2.58. The Morgan fingerprint density at radius 2 is 2.46 bits per heavy atom. The average molecular weight is 290 g/mol. The van der Waals surface area contributed by atoms with Crippen molar-refractivity contribution in [3.05, 3.63) is 21.0 Å². The fraction of sp³-hybridized carbons (Fsp3) is 0.500. The van der Waals surface area contributed by atoms with Gasteiger partial charge in [0, 0.05) is 9.50 Å². The van der Waals surface area contributed by atoms with Crippen molar-refractivity contribution < 1.29 is 9.84 Å². The van der Waals surface area contributed by atoms with Crippen LogP contribution in [0.4, 0.5) is 0 Å². The van der Waals surface area contributed by atoms with Gasteiger partial charge in [-0.2, -0.15) is 0 Å². The van der Waals surface area contributed by atoms with Gasteiger partial charge in [-0.05, 0) is 15.7 Å². The van der Waals surface area contributed by atoms with E-state index >= 15 is 0 Å². The van der Waals surface area contributed by atoms with Crippen LogP contribution < -0.4 is 0 Å². The highest BCUT2D eigenvalue weighted by atomic mass is 127. The maximum Gasteiger partial charge on any atom is 0.114 e. The largest absolute Gasteiger partial charge is 0.494 e. The lowest BCUT2D eigenvalue weighted by Gasteiger charge is -2.14. The summed E-state index contributed by atoms with van der Waals surface area (Å²) in [6, 6.07) is 0. The Kier molecular flexibility index (Phi) is 1.68. The molecule has 3 atom stereocenters. The first-order chi connectivity index (χ1) is 6.29. The highest BCUT2D eigenvalue weighted by Crippen LogP contribution is 2.58. The molecule has 0 aromatic heterocycles. The molecule has 1 N–H and O–H groups in total. The van der Waals surface area contributed by atoms with Crippen molar-refractivity contribution in [2.45, 2.75) is 13.0 Å². The minimum atomic E-state index is -0.303. The molecule has 0 aromatic rings. The lowest BCUT2D eigenvalue weighted by molar-refractivity contribution is 0.0551. The maximum atomic E-state index is 9.73. The van der Waals surface area contributed by atoms with Crippen LogP contribution in [-0.4, -0.2) is 21.8 Å². The number of ether oxygens (including phenoxy) is 1. The number of hydrogen-bond donors (Lipinski definition) is 1. The van der Waals surface area contributed by atoms with E-state index in [2.05, 4.69) is 17.0 Å². The quantitative estimate of drug-likeness (QED) is 0.686. The summed E-state index contributed by atoms with van der Waals surface area (Å²) in [7, 11) is 0. The Hall–Kier alpha value is -0.160. The molecule has 3 heteroatoms. The fourth-order valence-electron chi connectivity index (χ4n) is 2.02. The van der Waals surface area contributed by atoms with Crippen LogP contribution in [0.1, 0.15) is 6.92 Å². The zero-order chi connectivity index (χ0) is 9.00. The molecule has 0 unspecified atom stereocenters. The van der Waals surface area contributed by atoms with Gasteiger partial charge in [-0.1, -0.05) is 27.7 Å². The van der Waals surface area contributed by atoms with E-state index < -0.39 is 0 Å². The molecule has 2 nitrogen and oxygen atoms in total. The van der Waals surface area contributed by atoms with E-state index in [0.29, 0.717) is 18.4 Å². The van der Waals surface area contributed by atoms with Crippen LogP contribution in [-0.2, 0) is 4.74 Å². The van der Waals surface area contributed by atoms with Gasteiger partial charge in [0.2, 0.25) is 0 Å². The van der Waals surface area contributed by atoms with Gasteiger partial charge in [0.1, 0.15) is 12.4 Å². The molecule has 13 heavy (non-hydrogen) atoms. The SMILES string of the molecule is C[C@H]1C2=C3I=CC=C(OC[C@H]1O)[C@@H]32. The highest BCUT2D eigenvalue weighted by Gasteiger charge is 2.47. The predicted molar refractivity (Wildman–Crippen MR) is 59.8 cm³/mol. The van der Waals surface area contributed by atoms with Gasteiger partial charge >= 0.3 is 0 Å². The van der Waals surface area contributed by atoms with Crippen molar-refractivity contribution in [3.63, 3.8) is 0 Å². The van der Waals surface area contributed by atoms with Crippen molar-refractivity contribution in [2.24, 2.45) is 11.8 Å². The van der Waals surface area contributed by atoms with Gasteiger partial charge < -0.3 is 9.84 Å². The first-order valence-electron chi connectivity index (χ1n) is 4.50. The topological polar surface area (TPSA) is 29.5 Å². The van der Waals surface area contributed by atoms with Crippen molar-refractivity contribution in [3.8, 4) is 0 Å². The second-order valence-electron chi connectivity index (χ2n) is 3.71. The third-order valence-electron chi connectivity index (χ3n) is 2.94. The summed E-state index contributed by atoms with van der Waals surface area (Å²) in [5.41, 5.74) is 1.48. The van der Waals surface area contributed by atoms with Crippen LogP contribution >= 0.6 is 20.7 Å². The highest BCUT2D eigenvalue weighted by molar-refractivity contribution is 14.2. The molecule has 1 fully saturated rings. The second kappa shape index (κ2) is 2.67. The summed E-state index contributed by atoms with van der Waals surface area (Å²) >= 11 is 0.121. The Labute approximate surface area is 87.0 Å². The number of hydrogen-bond acceptors (Lipinski definition) is 2. The number of rotatable bonds is 0. The number of aliphatic hydroxyl groups excluding tert-OH is 1. The van der Waals surface area contributed by atoms with E-state index in [0.717, 1.165) is 5.76 Å². The average Bonchev–Trinajstić information content (AvgIpc) is 2.87. The lowest BCUT2D eigenvalue weighted by Crippen LogP contribution is -2.21. The monoisotopic (exact) mass is 290 g/mol. The van der Waals surface area contributed by atoms with Crippen molar-refractivity contribution >= 4 is 24.7 Å². The Balaban J connectivity index is 2.04. The van der Waals surface area contributed by atoms with E-state index in [9.17, 15) is 5.11 Å². The zero-order valence-electron chi connectivity index (χ0n) is 7.33. The fourth-order valence-corrected chi connectivity index (χ4v) is 4.95. The zero-order valence-corrected chi connectivity index (χ0v) is 9.48. The molecule has 0 aromatic carbocycles. The van der Waals surface area contributed by atoms with E-state index in [4.69, 9.17) is 4.74 Å². The van der Waals surface area contributed by atoms with E-state index in [1.54, 1.807) is 3.58 Å². The molecule has 1 saturated heterocycles. The first kappa shape index (κ1) is 8.17. The van der Waals surface area contributed by atoms with E-state index in [1.165, 1.54) is 5.57 Å². The molecule has 1 aliphatic carbocycles. The summed E-state index contributed by atoms with van der Waals surface area (Å²) in [6.07, 6.45) is 1.81. The molecule has 3 rings (SSSR count). The van der Waals surface area contributed by atoms with Crippen molar-refractivity contribution in [1.82, 2.24) is 0 Å². The van der Waals surface area contributed by atoms with Crippen LogP contribution in [0.2, 0.25) is 0 Å². The molecule has 70 valence electrons. The molecule has 2 aliphatic heterocycles. The summed E-state index contributed by atoms with van der Waals surface area (Å²) in [5.74, 6) is 1.92. The standard InChI is InChI=1S/C10H11IO2/c1-5-6(12)4-13-7-2-3-11-10-8(5)9(7)10/h2-3,5-6,9,12H,4H2,1H3/t5-,6-,9-/m1/s1.